The van der Waals surface area contributed by atoms with Crippen LogP contribution < -0.4 is 10.2 Å². The fourth-order valence-electron chi connectivity index (χ4n) is 2.58. The monoisotopic (exact) mass is 324 g/mol. The molecule has 1 atom stereocenters. The highest BCUT2D eigenvalue weighted by Crippen LogP contribution is 2.37. The molecule has 0 heterocycles. The zero-order valence-electron chi connectivity index (χ0n) is 12.2. The van der Waals surface area contributed by atoms with E-state index in [1.165, 1.54) is 35.0 Å². The molecule has 1 aliphatic rings. The first-order valence-corrected chi connectivity index (χ1v) is 8.26. The largest absolute Gasteiger partial charge is 0.368 e. The zero-order valence-corrected chi connectivity index (χ0v) is 13.8. The molecule has 1 saturated carbocycles. The van der Waals surface area contributed by atoms with Crippen molar-refractivity contribution < 1.29 is 0 Å². The van der Waals surface area contributed by atoms with Crippen LogP contribution in [0.5, 0.6) is 0 Å². The van der Waals surface area contributed by atoms with Gasteiger partial charge in [0.2, 0.25) is 0 Å². The van der Waals surface area contributed by atoms with E-state index in [4.69, 9.17) is 0 Å². The Kier molecular flexibility index (Phi) is 5.28. The molecule has 1 aromatic carbocycles. The normalized spacial score (nSPS) is 16.4. The quantitative estimate of drug-likeness (QED) is 0.794. The van der Waals surface area contributed by atoms with E-state index in [0.717, 1.165) is 19.1 Å². The Hall–Kier alpha value is -0.540. The number of halogens is 1. The summed E-state index contributed by atoms with van der Waals surface area (Å²) in [5.41, 5.74) is 2.71. The highest BCUT2D eigenvalue weighted by atomic mass is 79.9. The van der Waals surface area contributed by atoms with Crippen LogP contribution >= 0.6 is 15.9 Å². The van der Waals surface area contributed by atoms with E-state index in [9.17, 15) is 0 Å². The third-order valence-corrected chi connectivity index (χ3v) is 4.38. The molecule has 0 saturated heterocycles. The Morgan fingerprint density at radius 3 is 2.63 bits per heavy atom. The SMILES string of the molecule is CCCN(c1ccc(C(C)NCC)cc1Br)C1CC1. The van der Waals surface area contributed by atoms with Crippen LogP contribution in [0.1, 0.15) is 51.6 Å². The first-order valence-electron chi connectivity index (χ1n) is 7.46. The van der Waals surface area contributed by atoms with Crippen LogP contribution in [-0.2, 0) is 0 Å². The predicted molar refractivity (Wildman–Crippen MR) is 86.9 cm³/mol. The van der Waals surface area contributed by atoms with E-state index in [1.807, 2.05) is 0 Å². The molecule has 1 N–H and O–H groups in total. The summed E-state index contributed by atoms with van der Waals surface area (Å²) >= 11 is 3.76. The van der Waals surface area contributed by atoms with Crippen LogP contribution in [-0.4, -0.2) is 19.1 Å². The molecule has 1 aromatic rings. The number of rotatable bonds is 7. The average molecular weight is 325 g/mol. The van der Waals surface area contributed by atoms with Gasteiger partial charge < -0.3 is 10.2 Å². The second kappa shape index (κ2) is 6.76. The summed E-state index contributed by atoms with van der Waals surface area (Å²) in [5.74, 6) is 0. The highest BCUT2D eigenvalue weighted by molar-refractivity contribution is 9.10. The molecule has 0 spiro atoms. The van der Waals surface area contributed by atoms with Crippen LogP contribution in [0.3, 0.4) is 0 Å². The highest BCUT2D eigenvalue weighted by Gasteiger charge is 2.29. The van der Waals surface area contributed by atoms with E-state index in [2.05, 4.69) is 65.1 Å². The lowest BCUT2D eigenvalue weighted by atomic mass is 10.1. The van der Waals surface area contributed by atoms with Crippen LogP contribution in [0.2, 0.25) is 0 Å². The first-order chi connectivity index (χ1) is 9.17. The fourth-order valence-corrected chi connectivity index (χ4v) is 3.20. The molecule has 19 heavy (non-hydrogen) atoms. The molecule has 3 heteroatoms. The Morgan fingerprint density at radius 1 is 1.37 bits per heavy atom. The van der Waals surface area contributed by atoms with Gasteiger partial charge in [-0.3, -0.25) is 0 Å². The fraction of sp³-hybridized carbons (Fsp3) is 0.625. The Labute approximate surface area is 125 Å². The van der Waals surface area contributed by atoms with Crippen molar-refractivity contribution in [1.29, 1.82) is 0 Å². The molecule has 0 amide bonds. The van der Waals surface area contributed by atoms with Gasteiger partial charge in [-0.2, -0.15) is 0 Å². The maximum atomic E-state index is 3.76. The minimum Gasteiger partial charge on any atom is -0.368 e. The lowest BCUT2D eigenvalue weighted by Gasteiger charge is -2.26. The summed E-state index contributed by atoms with van der Waals surface area (Å²) in [6.07, 6.45) is 3.91. The van der Waals surface area contributed by atoms with Crippen molar-refractivity contribution in [1.82, 2.24) is 5.32 Å². The molecule has 0 aromatic heterocycles. The van der Waals surface area contributed by atoms with Gasteiger partial charge in [0.25, 0.3) is 0 Å². The van der Waals surface area contributed by atoms with Crippen molar-refractivity contribution in [3.05, 3.63) is 28.2 Å². The Balaban J connectivity index is 2.17. The summed E-state index contributed by atoms with van der Waals surface area (Å²) in [5, 5.41) is 3.46. The lowest BCUT2D eigenvalue weighted by molar-refractivity contribution is 0.598. The molecule has 0 radical (unpaired) electrons. The Morgan fingerprint density at radius 2 is 2.11 bits per heavy atom. The molecule has 0 aliphatic heterocycles. The minimum absolute atomic E-state index is 0.413. The summed E-state index contributed by atoms with van der Waals surface area (Å²) in [4.78, 5) is 2.56. The smallest absolute Gasteiger partial charge is 0.0513 e. The topological polar surface area (TPSA) is 15.3 Å². The van der Waals surface area contributed by atoms with Crippen molar-refractivity contribution in [2.45, 2.75) is 52.1 Å². The van der Waals surface area contributed by atoms with Gasteiger partial charge in [-0.15, -0.1) is 0 Å². The molecule has 1 aliphatic carbocycles. The second-order valence-corrected chi connectivity index (χ2v) is 6.27. The van der Waals surface area contributed by atoms with Gasteiger partial charge in [0.15, 0.2) is 0 Å². The minimum atomic E-state index is 0.413. The number of anilines is 1. The van der Waals surface area contributed by atoms with Crippen LogP contribution in [0.15, 0.2) is 22.7 Å². The third-order valence-electron chi connectivity index (χ3n) is 3.74. The summed E-state index contributed by atoms with van der Waals surface area (Å²) < 4.78 is 1.23. The molecule has 0 bridgehead atoms. The van der Waals surface area contributed by atoms with E-state index < -0.39 is 0 Å². The van der Waals surface area contributed by atoms with Crippen molar-refractivity contribution >= 4 is 21.6 Å². The molecular weight excluding hydrogens is 300 g/mol. The summed E-state index contributed by atoms with van der Waals surface area (Å²) in [6, 6.07) is 8.00. The molecule has 1 fully saturated rings. The van der Waals surface area contributed by atoms with Gasteiger partial charge in [0, 0.05) is 23.1 Å². The van der Waals surface area contributed by atoms with E-state index in [1.54, 1.807) is 0 Å². The maximum absolute atomic E-state index is 3.76. The number of nitrogens with one attached hydrogen (secondary N) is 1. The average Bonchev–Trinajstić information content (AvgIpc) is 3.21. The predicted octanol–water partition coefficient (Wildman–Crippen LogP) is 4.50. The van der Waals surface area contributed by atoms with Crippen LogP contribution in [0.4, 0.5) is 5.69 Å². The maximum Gasteiger partial charge on any atom is 0.0513 e. The zero-order chi connectivity index (χ0) is 13.8. The van der Waals surface area contributed by atoms with Crippen LogP contribution in [0, 0.1) is 0 Å². The number of hydrogen-bond acceptors (Lipinski definition) is 2. The third kappa shape index (κ3) is 3.73. The Bertz CT molecular complexity index is 415. The van der Waals surface area contributed by atoms with Crippen molar-refractivity contribution in [2.24, 2.45) is 0 Å². The first kappa shape index (κ1) is 14.9. The van der Waals surface area contributed by atoms with Crippen molar-refractivity contribution in [3.63, 3.8) is 0 Å². The molecule has 2 nitrogen and oxygen atoms in total. The van der Waals surface area contributed by atoms with E-state index in [0.29, 0.717) is 6.04 Å². The molecular formula is C16H25BrN2. The van der Waals surface area contributed by atoms with Gasteiger partial charge >= 0.3 is 0 Å². The van der Waals surface area contributed by atoms with Gasteiger partial charge in [-0.25, -0.2) is 0 Å². The van der Waals surface area contributed by atoms with Crippen molar-refractivity contribution in [2.75, 3.05) is 18.0 Å². The standard InChI is InChI=1S/C16H25BrN2/c1-4-10-19(14-7-8-14)16-9-6-13(11-15(16)17)12(3)18-5-2/h6,9,11-12,14,18H,4-5,7-8,10H2,1-3H3. The number of hydrogen-bond donors (Lipinski definition) is 1. The van der Waals surface area contributed by atoms with Gasteiger partial charge in [0.1, 0.15) is 0 Å². The lowest BCUT2D eigenvalue weighted by Crippen LogP contribution is -2.27. The molecule has 1 unspecified atom stereocenters. The molecule has 2 rings (SSSR count). The van der Waals surface area contributed by atoms with Gasteiger partial charge in [-0.05, 0) is 66.4 Å². The van der Waals surface area contributed by atoms with Crippen LogP contribution in [0.25, 0.3) is 0 Å². The summed E-state index contributed by atoms with van der Waals surface area (Å²) in [6.45, 7) is 8.78. The van der Waals surface area contributed by atoms with Gasteiger partial charge in [-0.1, -0.05) is 19.9 Å². The van der Waals surface area contributed by atoms with Gasteiger partial charge in [0.05, 0.1) is 5.69 Å². The number of nitrogens with zero attached hydrogens (tertiary/aromatic N) is 1. The summed E-state index contributed by atoms with van der Waals surface area (Å²) in [7, 11) is 0. The second-order valence-electron chi connectivity index (χ2n) is 5.41. The van der Waals surface area contributed by atoms with Crippen molar-refractivity contribution in [3.8, 4) is 0 Å². The molecule has 106 valence electrons. The number of benzene rings is 1. The van der Waals surface area contributed by atoms with E-state index >= 15 is 0 Å². The van der Waals surface area contributed by atoms with E-state index in [-0.39, 0.29) is 0 Å².